The van der Waals surface area contributed by atoms with Gasteiger partial charge in [-0.25, -0.2) is 4.68 Å². The first-order valence-electron chi connectivity index (χ1n) is 4.55. The minimum Gasteiger partial charge on any atom is -0.328 e. The zero-order valence-corrected chi connectivity index (χ0v) is 9.51. The monoisotopic (exact) mass is 292 g/mol. The normalized spacial score (nSPS) is 28.2. The van der Waals surface area contributed by atoms with Crippen LogP contribution in [0, 0.1) is 9.62 Å². The molecule has 1 aromatic rings. The lowest BCUT2D eigenvalue weighted by Gasteiger charge is -2.09. The van der Waals surface area contributed by atoms with E-state index in [4.69, 9.17) is 5.73 Å². The Morgan fingerprint density at radius 1 is 1.62 bits per heavy atom. The van der Waals surface area contributed by atoms with E-state index in [0.29, 0.717) is 12.0 Å². The molecule has 1 saturated carbocycles. The van der Waals surface area contributed by atoms with E-state index in [-0.39, 0.29) is 0 Å². The van der Waals surface area contributed by atoms with E-state index in [9.17, 15) is 0 Å². The quantitative estimate of drug-likeness (QED) is 0.828. The summed E-state index contributed by atoms with van der Waals surface area (Å²) in [5.74, 6) is 0.699. The molecule has 0 saturated heterocycles. The maximum atomic E-state index is 5.84. The molecule has 1 aliphatic rings. The molecule has 0 aromatic carbocycles. The Kier molecular flexibility index (Phi) is 2.83. The van der Waals surface area contributed by atoms with Crippen LogP contribution in [-0.4, -0.2) is 21.0 Å². The maximum absolute atomic E-state index is 5.84. The molecule has 2 rings (SSSR count). The second-order valence-electron chi connectivity index (χ2n) is 3.68. The first-order chi connectivity index (χ1) is 6.25. The predicted molar refractivity (Wildman–Crippen MR) is 58.1 cm³/mol. The number of nitrogens with zero attached hydrogens (tertiary/aromatic N) is 3. The second kappa shape index (κ2) is 3.91. The lowest BCUT2D eigenvalue weighted by Crippen LogP contribution is -2.17. The van der Waals surface area contributed by atoms with Gasteiger partial charge in [-0.3, -0.25) is 0 Å². The van der Waals surface area contributed by atoms with E-state index in [1.54, 1.807) is 6.20 Å². The molecule has 5 heteroatoms. The fourth-order valence-electron chi connectivity index (χ4n) is 1.89. The van der Waals surface area contributed by atoms with Crippen LogP contribution in [0.5, 0.6) is 0 Å². The van der Waals surface area contributed by atoms with Gasteiger partial charge in [0.1, 0.15) is 3.70 Å². The Labute approximate surface area is 91.0 Å². The van der Waals surface area contributed by atoms with Crippen molar-refractivity contribution >= 4 is 22.6 Å². The number of hydrogen-bond donors (Lipinski definition) is 1. The summed E-state index contributed by atoms with van der Waals surface area (Å²) in [6, 6.07) is 0.409. The Morgan fingerprint density at radius 2 is 2.46 bits per heavy atom. The molecule has 0 aliphatic heterocycles. The first kappa shape index (κ1) is 9.39. The molecule has 1 fully saturated rings. The minimum absolute atomic E-state index is 0.409. The molecule has 1 heterocycles. The summed E-state index contributed by atoms with van der Waals surface area (Å²) in [5.41, 5.74) is 5.84. The third-order valence-corrected chi connectivity index (χ3v) is 3.42. The van der Waals surface area contributed by atoms with Gasteiger partial charge in [-0.15, -0.1) is 5.10 Å². The topological polar surface area (TPSA) is 56.7 Å². The van der Waals surface area contributed by atoms with Crippen molar-refractivity contribution in [1.29, 1.82) is 0 Å². The van der Waals surface area contributed by atoms with Gasteiger partial charge in [-0.05, 0) is 47.8 Å². The number of hydrogen-bond acceptors (Lipinski definition) is 3. The van der Waals surface area contributed by atoms with E-state index in [2.05, 4.69) is 32.9 Å². The van der Waals surface area contributed by atoms with E-state index in [1.807, 2.05) is 4.68 Å². The van der Waals surface area contributed by atoms with Crippen molar-refractivity contribution in [2.24, 2.45) is 11.7 Å². The van der Waals surface area contributed by atoms with E-state index in [0.717, 1.165) is 23.1 Å². The molecule has 2 unspecified atom stereocenters. The number of aromatic nitrogens is 3. The highest BCUT2D eigenvalue weighted by atomic mass is 127. The van der Waals surface area contributed by atoms with Crippen molar-refractivity contribution in [3.05, 3.63) is 9.90 Å². The van der Waals surface area contributed by atoms with E-state index >= 15 is 0 Å². The van der Waals surface area contributed by atoms with Gasteiger partial charge in [0, 0.05) is 12.6 Å². The number of halogens is 1. The van der Waals surface area contributed by atoms with Gasteiger partial charge in [0.05, 0.1) is 6.20 Å². The Bertz CT molecular complexity index is 285. The maximum Gasteiger partial charge on any atom is 0.119 e. The smallest absolute Gasteiger partial charge is 0.119 e. The molecule has 2 atom stereocenters. The highest BCUT2D eigenvalue weighted by Gasteiger charge is 2.22. The van der Waals surface area contributed by atoms with Crippen LogP contribution in [0.1, 0.15) is 19.3 Å². The lowest BCUT2D eigenvalue weighted by atomic mass is 10.1. The third kappa shape index (κ3) is 2.19. The van der Waals surface area contributed by atoms with Crippen LogP contribution in [0.3, 0.4) is 0 Å². The standard InChI is InChI=1S/C8H13IN4/c9-8-4-11-12-13(8)5-6-1-2-7(10)3-6/h4,6-7H,1-3,5,10H2. The summed E-state index contributed by atoms with van der Waals surface area (Å²) < 4.78 is 3.07. The summed E-state index contributed by atoms with van der Waals surface area (Å²) in [5, 5.41) is 7.88. The highest BCUT2D eigenvalue weighted by molar-refractivity contribution is 14.1. The summed E-state index contributed by atoms with van der Waals surface area (Å²) in [4.78, 5) is 0. The fraction of sp³-hybridized carbons (Fsp3) is 0.750. The van der Waals surface area contributed by atoms with Crippen molar-refractivity contribution < 1.29 is 0 Å². The van der Waals surface area contributed by atoms with Crippen LogP contribution in [0.4, 0.5) is 0 Å². The van der Waals surface area contributed by atoms with Crippen molar-refractivity contribution in [3.63, 3.8) is 0 Å². The lowest BCUT2D eigenvalue weighted by molar-refractivity contribution is 0.412. The van der Waals surface area contributed by atoms with Gasteiger partial charge in [0.15, 0.2) is 0 Å². The molecule has 13 heavy (non-hydrogen) atoms. The minimum atomic E-state index is 0.409. The molecule has 72 valence electrons. The zero-order chi connectivity index (χ0) is 9.26. The summed E-state index contributed by atoms with van der Waals surface area (Å²) in [6.07, 6.45) is 5.32. The van der Waals surface area contributed by atoms with Gasteiger partial charge in [0.25, 0.3) is 0 Å². The second-order valence-corrected chi connectivity index (χ2v) is 4.78. The molecule has 2 N–H and O–H groups in total. The molecule has 1 aromatic heterocycles. The highest BCUT2D eigenvalue weighted by Crippen LogP contribution is 2.25. The number of rotatable bonds is 2. The van der Waals surface area contributed by atoms with Gasteiger partial charge in [-0.1, -0.05) is 5.21 Å². The van der Waals surface area contributed by atoms with Crippen molar-refractivity contribution in [2.45, 2.75) is 31.8 Å². The Balaban J connectivity index is 1.95. The molecule has 0 radical (unpaired) electrons. The first-order valence-corrected chi connectivity index (χ1v) is 5.63. The van der Waals surface area contributed by atoms with E-state index in [1.165, 1.54) is 6.42 Å². The Morgan fingerprint density at radius 3 is 3.00 bits per heavy atom. The van der Waals surface area contributed by atoms with Crippen LogP contribution >= 0.6 is 22.6 Å². The Hall–Kier alpha value is -0.170. The van der Waals surface area contributed by atoms with Gasteiger partial charge >= 0.3 is 0 Å². The van der Waals surface area contributed by atoms with Crippen LogP contribution in [0.2, 0.25) is 0 Å². The van der Waals surface area contributed by atoms with Crippen LogP contribution in [0.15, 0.2) is 6.20 Å². The average Bonchev–Trinajstić information content (AvgIpc) is 2.64. The van der Waals surface area contributed by atoms with Crippen LogP contribution in [0.25, 0.3) is 0 Å². The fourth-order valence-corrected chi connectivity index (χ4v) is 2.31. The third-order valence-electron chi connectivity index (χ3n) is 2.58. The number of nitrogens with two attached hydrogens (primary N) is 1. The van der Waals surface area contributed by atoms with Gasteiger partial charge < -0.3 is 5.73 Å². The SMILES string of the molecule is NC1CCC(Cn2nncc2I)C1. The molecule has 0 bridgehead atoms. The molecule has 0 amide bonds. The van der Waals surface area contributed by atoms with Crippen molar-refractivity contribution in [2.75, 3.05) is 0 Å². The summed E-state index contributed by atoms with van der Waals surface area (Å²) in [6.45, 7) is 0.978. The van der Waals surface area contributed by atoms with Crippen molar-refractivity contribution in [3.8, 4) is 0 Å². The van der Waals surface area contributed by atoms with Crippen LogP contribution < -0.4 is 5.73 Å². The predicted octanol–water partition coefficient (Wildman–Crippen LogP) is 1.01. The summed E-state index contributed by atoms with van der Waals surface area (Å²) >= 11 is 2.25. The zero-order valence-electron chi connectivity index (χ0n) is 7.36. The molecule has 0 spiro atoms. The molecular formula is C8H13IN4. The molecular weight excluding hydrogens is 279 g/mol. The van der Waals surface area contributed by atoms with Crippen molar-refractivity contribution in [1.82, 2.24) is 15.0 Å². The molecule has 4 nitrogen and oxygen atoms in total. The van der Waals surface area contributed by atoms with E-state index < -0.39 is 0 Å². The molecule has 1 aliphatic carbocycles. The average molecular weight is 292 g/mol. The van der Waals surface area contributed by atoms with Gasteiger partial charge in [-0.2, -0.15) is 0 Å². The largest absolute Gasteiger partial charge is 0.328 e. The summed E-state index contributed by atoms with van der Waals surface area (Å²) in [7, 11) is 0. The van der Waals surface area contributed by atoms with Gasteiger partial charge in [0.2, 0.25) is 0 Å². The van der Waals surface area contributed by atoms with Crippen LogP contribution in [-0.2, 0) is 6.54 Å².